The number of benzene rings is 1. The summed E-state index contributed by atoms with van der Waals surface area (Å²) in [4.78, 5) is 18.5. The van der Waals surface area contributed by atoms with E-state index in [1.165, 1.54) is 0 Å². The number of rotatable bonds is 2. The minimum Gasteiger partial charge on any atom is -0.480 e. The molecule has 20 heavy (non-hydrogen) atoms. The highest BCUT2D eigenvalue weighted by Crippen LogP contribution is 2.33. The van der Waals surface area contributed by atoms with E-state index in [0.717, 1.165) is 17.0 Å². The van der Waals surface area contributed by atoms with Crippen molar-refractivity contribution >= 4 is 29.2 Å². The fourth-order valence-electron chi connectivity index (χ4n) is 2.42. The van der Waals surface area contributed by atoms with Gasteiger partial charge in [-0.2, -0.15) is 0 Å². The van der Waals surface area contributed by atoms with Crippen molar-refractivity contribution in [3.05, 3.63) is 51.5 Å². The Balaban J connectivity index is 2.06. The normalized spacial score (nSPS) is 21.5. The molecular weight excluding hydrogens is 301 g/mol. The predicted octanol–water partition coefficient (Wildman–Crippen LogP) is 2.40. The van der Waals surface area contributed by atoms with Gasteiger partial charge in [-0.15, -0.1) is 0 Å². The molecule has 0 radical (unpaired) electrons. The summed E-state index contributed by atoms with van der Waals surface area (Å²) in [5, 5.41) is 13.3. The molecule has 5 nitrogen and oxygen atoms in total. The monoisotopic (exact) mass is 311 g/mol. The number of imidazole rings is 1. The lowest BCUT2D eigenvalue weighted by Crippen LogP contribution is -2.45. The first-order valence-corrected chi connectivity index (χ1v) is 6.78. The molecule has 1 aromatic heterocycles. The van der Waals surface area contributed by atoms with E-state index in [-0.39, 0.29) is 6.04 Å². The number of hydrogen-bond donors (Lipinski definition) is 3. The van der Waals surface area contributed by atoms with Gasteiger partial charge in [-0.1, -0.05) is 29.3 Å². The number of carboxylic acids is 1. The summed E-state index contributed by atoms with van der Waals surface area (Å²) in [5.41, 5.74) is 2.34. The van der Waals surface area contributed by atoms with E-state index in [2.05, 4.69) is 15.3 Å². The molecule has 104 valence electrons. The number of aliphatic carboxylic acids is 1. The van der Waals surface area contributed by atoms with Crippen molar-refractivity contribution in [1.29, 1.82) is 0 Å². The number of carboxylic acid groups (broad SMARTS) is 1. The maximum Gasteiger partial charge on any atom is 0.321 e. The third-order valence-electron chi connectivity index (χ3n) is 3.37. The van der Waals surface area contributed by atoms with E-state index >= 15 is 0 Å². The van der Waals surface area contributed by atoms with Crippen LogP contribution in [0.5, 0.6) is 0 Å². The van der Waals surface area contributed by atoms with Crippen LogP contribution >= 0.6 is 23.2 Å². The predicted molar refractivity (Wildman–Crippen MR) is 75.2 cm³/mol. The Morgan fingerprint density at radius 1 is 1.40 bits per heavy atom. The van der Waals surface area contributed by atoms with Crippen LogP contribution < -0.4 is 5.32 Å². The molecular formula is C13H11Cl2N3O2. The topological polar surface area (TPSA) is 78.0 Å². The fourth-order valence-corrected chi connectivity index (χ4v) is 2.94. The van der Waals surface area contributed by atoms with Crippen molar-refractivity contribution in [2.45, 2.75) is 18.5 Å². The van der Waals surface area contributed by atoms with Gasteiger partial charge in [-0.25, -0.2) is 4.98 Å². The Morgan fingerprint density at radius 3 is 2.90 bits per heavy atom. The van der Waals surface area contributed by atoms with Crippen molar-refractivity contribution in [2.24, 2.45) is 0 Å². The first-order chi connectivity index (χ1) is 9.56. The quantitative estimate of drug-likeness (QED) is 0.796. The minimum absolute atomic E-state index is 0.365. The molecule has 2 heterocycles. The second-order valence-electron chi connectivity index (χ2n) is 4.63. The molecule has 2 aromatic rings. The summed E-state index contributed by atoms with van der Waals surface area (Å²) in [6.07, 6.45) is 1.93. The Kier molecular flexibility index (Phi) is 3.41. The molecule has 0 saturated heterocycles. The molecule has 0 amide bonds. The van der Waals surface area contributed by atoms with Gasteiger partial charge in [0.1, 0.15) is 6.04 Å². The van der Waals surface area contributed by atoms with Crippen molar-refractivity contribution < 1.29 is 9.90 Å². The number of H-pyrrole nitrogens is 1. The maximum atomic E-state index is 11.3. The van der Waals surface area contributed by atoms with Gasteiger partial charge in [0.15, 0.2) is 0 Å². The first kappa shape index (κ1) is 13.4. The van der Waals surface area contributed by atoms with Crippen LogP contribution in [0.4, 0.5) is 0 Å². The summed E-state index contributed by atoms with van der Waals surface area (Å²) in [6, 6.07) is 4.10. The number of halogens is 2. The van der Waals surface area contributed by atoms with Gasteiger partial charge in [0.25, 0.3) is 0 Å². The molecule has 2 atom stereocenters. The lowest BCUT2D eigenvalue weighted by molar-refractivity contribution is -0.139. The third-order valence-corrected chi connectivity index (χ3v) is 3.94. The Bertz CT molecular complexity index is 671. The zero-order valence-electron chi connectivity index (χ0n) is 10.2. The van der Waals surface area contributed by atoms with Gasteiger partial charge in [-0.05, 0) is 17.7 Å². The summed E-state index contributed by atoms with van der Waals surface area (Å²) in [7, 11) is 0. The van der Waals surface area contributed by atoms with E-state index in [0.29, 0.717) is 16.5 Å². The molecule has 1 aromatic carbocycles. The van der Waals surface area contributed by atoms with Crippen LogP contribution in [0.25, 0.3) is 0 Å². The highest BCUT2D eigenvalue weighted by Gasteiger charge is 2.33. The molecule has 0 spiro atoms. The Hall–Kier alpha value is -1.56. The number of carbonyl (C=O) groups is 1. The zero-order valence-corrected chi connectivity index (χ0v) is 11.7. The molecule has 7 heteroatoms. The van der Waals surface area contributed by atoms with Crippen molar-refractivity contribution in [3.63, 3.8) is 0 Å². The van der Waals surface area contributed by atoms with E-state index < -0.39 is 12.0 Å². The second-order valence-corrected chi connectivity index (χ2v) is 5.47. The Morgan fingerprint density at radius 2 is 2.20 bits per heavy atom. The molecule has 1 aliphatic rings. The second kappa shape index (κ2) is 5.09. The molecule has 3 rings (SSSR count). The van der Waals surface area contributed by atoms with Crippen LogP contribution in [0.2, 0.25) is 10.0 Å². The highest BCUT2D eigenvalue weighted by atomic mass is 35.5. The standard InChI is InChI=1S/C13H11Cl2N3O2/c14-6-1-2-7(8(15)3-6)11-12-9(16-5-17-12)4-10(18-11)13(19)20/h1-3,5,10-11,18H,4H2,(H,16,17)(H,19,20)/t10-,11-/m0/s1. The van der Waals surface area contributed by atoms with Crippen LogP contribution in [0.1, 0.15) is 23.0 Å². The first-order valence-electron chi connectivity index (χ1n) is 6.02. The van der Waals surface area contributed by atoms with E-state index in [1.807, 2.05) is 0 Å². The summed E-state index contributed by atoms with van der Waals surface area (Å²) >= 11 is 12.1. The average molecular weight is 312 g/mol. The molecule has 3 N–H and O–H groups in total. The van der Waals surface area contributed by atoms with Gasteiger partial charge in [0, 0.05) is 22.2 Å². The van der Waals surface area contributed by atoms with Gasteiger partial charge >= 0.3 is 5.97 Å². The summed E-state index contributed by atoms with van der Waals surface area (Å²) in [6.45, 7) is 0. The lowest BCUT2D eigenvalue weighted by atomic mass is 9.94. The molecule has 0 aliphatic carbocycles. The van der Waals surface area contributed by atoms with Crippen LogP contribution in [-0.2, 0) is 11.2 Å². The summed E-state index contributed by atoms with van der Waals surface area (Å²) in [5.74, 6) is -0.902. The van der Waals surface area contributed by atoms with Crippen LogP contribution in [0.15, 0.2) is 24.5 Å². The lowest BCUT2D eigenvalue weighted by Gasteiger charge is -2.28. The van der Waals surface area contributed by atoms with Crippen LogP contribution in [-0.4, -0.2) is 27.1 Å². The van der Waals surface area contributed by atoms with Gasteiger partial charge in [-0.3, -0.25) is 10.1 Å². The van der Waals surface area contributed by atoms with E-state index in [1.54, 1.807) is 24.5 Å². The number of aromatic amines is 1. The number of hydrogen-bond acceptors (Lipinski definition) is 3. The Labute approximate surface area is 124 Å². The molecule has 0 bridgehead atoms. The number of fused-ring (bicyclic) bond motifs is 1. The smallest absolute Gasteiger partial charge is 0.321 e. The molecule has 0 fully saturated rings. The van der Waals surface area contributed by atoms with Crippen molar-refractivity contribution in [2.75, 3.05) is 0 Å². The number of aromatic nitrogens is 2. The largest absolute Gasteiger partial charge is 0.480 e. The van der Waals surface area contributed by atoms with E-state index in [4.69, 9.17) is 23.2 Å². The number of nitrogens with one attached hydrogen (secondary N) is 2. The van der Waals surface area contributed by atoms with Gasteiger partial charge < -0.3 is 10.1 Å². The van der Waals surface area contributed by atoms with Crippen LogP contribution in [0, 0.1) is 0 Å². The fraction of sp³-hybridized carbons (Fsp3) is 0.231. The van der Waals surface area contributed by atoms with Gasteiger partial charge in [0.05, 0.1) is 18.1 Å². The molecule has 1 aliphatic heterocycles. The van der Waals surface area contributed by atoms with Gasteiger partial charge in [0.2, 0.25) is 0 Å². The third kappa shape index (κ3) is 2.28. The SMILES string of the molecule is O=C(O)[C@@H]1Cc2[nH]cnc2[C@H](c2ccc(Cl)cc2Cl)N1. The molecule has 0 saturated carbocycles. The average Bonchev–Trinajstić information content (AvgIpc) is 2.86. The summed E-state index contributed by atoms with van der Waals surface area (Å²) < 4.78 is 0. The van der Waals surface area contributed by atoms with E-state index in [9.17, 15) is 9.90 Å². The number of nitrogens with zero attached hydrogens (tertiary/aromatic N) is 1. The van der Waals surface area contributed by atoms with Crippen LogP contribution in [0.3, 0.4) is 0 Å². The van der Waals surface area contributed by atoms with Crippen molar-refractivity contribution in [3.8, 4) is 0 Å². The molecule has 0 unspecified atom stereocenters. The minimum atomic E-state index is -0.902. The van der Waals surface area contributed by atoms with Crippen molar-refractivity contribution in [1.82, 2.24) is 15.3 Å². The maximum absolute atomic E-state index is 11.3. The zero-order chi connectivity index (χ0) is 14.3. The highest BCUT2D eigenvalue weighted by molar-refractivity contribution is 6.35.